The average molecular weight is 418 g/mol. The molecule has 2 heteroatoms. The van der Waals surface area contributed by atoms with Crippen LogP contribution in [-0.4, -0.2) is 4.57 Å². The van der Waals surface area contributed by atoms with E-state index in [-0.39, 0.29) is 5.41 Å². The minimum absolute atomic E-state index is 0.0126. The first kappa shape index (κ1) is 23.3. The van der Waals surface area contributed by atoms with Gasteiger partial charge in [0.1, 0.15) is 18.4 Å². The molecule has 0 aliphatic carbocycles. The summed E-state index contributed by atoms with van der Waals surface area (Å²) in [5.41, 5.74) is 2.81. The van der Waals surface area contributed by atoms with E-state index in [1.54, 1.807) is 0 Å². The van der Waals surface area contributed by atoms with Crippen molar-refractivity contribution in [1.29, 1.82) is 0 Å². The Hall–Kier alpha value is -2.35. The van der Waals surface area contributed by atoms with Crippen LogP contribution in [0.5, 0.6) is 0 Å². The zero-order valence-corrected chi connectivity index (χ0v) is 19.8. The molecule has 1 heterocycles. The van der Waals surface area contributed by atoms with Gasteiger partial charge in [-0.2, -0.15) is 0 Å². The van der Waals surface area contributed by atoms with Crippen LogP contribution >= 0.6 is 0 Å². The second kappa shape index (κ2) is 11.9. The van der Waals surface area contributed by atoms with Crippen LogP contribution in [0.1, 0.15) is 82.9 Å². The van der Waals surface area contributed by atoms with Gasteiger partial charge < -0.3 is 0 Å². The number of nitrogens with zero attached hydrogens (tertiary/aromatic N) is 2. The molecule has 0 saturated carbocycles. The molecule has 0 spiro atoms. The number of rotatable bonds is 13. The minimum atomic E-state index is 0.0126. The monoisotopic (exact) mass is 417 g/mol. The Balaban J connectivity index is 1.67. The SMILES string of the molecule is CCCCCCCCC[n+]1ccn(C(C)C(C)(Cc2ccccc2)c2ccccc2)c1. The van der Waals surface area contributed by atoms with Gasteiger partial charge >= 0.3 is 0 Å². The van der Waals surface area contributed by atoms with Crippen LogP contribution < -0.4 is 4.57 Å². The summed E-state index contributed by atoms with van der Waals surface area (Å²) in [7, 11) is 0. The topological polar surface area (TPSA) is 8.81 Å². The molecule has 2 unspecified atom stereocenters. The van der Waals surface area contributed by atoms with E-state index >= 15 is 0 Å². The predicted octanol–water partition coefficient (Wildman–Crippen LogP) is 7.29. The van der Waals surface area contributed by atoms with E-state index in [4.69, 9.17) is 0 Å². The first-order valence-electron chi connectivity index (χ1n) is 12.3. The Morgan fingerprint density at radius 3 is 2.13 bits per heavy atom. The smallest absolute Gasteiger partial charge is 0.237 e. The summed E-state index contributed by atoms with van der Waals surface area (Å²) >= 11 is 0. The van der Waals surface area contributed by atoms with Crippen LogP contribution in [0.4, 0.5) is 0 Å². The Morgan fingerprint density at radius 2 is 1.45 bits per heavy atom. The van der Waals surface area contributed by atoms with Crippen LogP contribution in [-0.2, 0) is 18.4 Å². The summed E-state index contributed by atoms with van der Waals surface area (Å²) in [6, 6.07) is 22.3. The highest BCUT2D eigenvalue weighted by Gasteiger charge is 2.37. The van der Waals surface area contributed by atoms with Crippen LogP contribution in [0.3, 0.4) is 0 Å². The summed E-state index contributed by atoms with van der Waals surface area (Å²) in [5.74, 6) is 0. The zero-order valence-electron chi connectivity index (χ0n) is 19.8. The molecule has 0 bridgehead atoms. The molecule has 2 aromatic carbocycles. The van der Waals surface area contributed by atoms with Crippen LogP contribution in [0.2, 0.25) is 0 Å². The highest BCUT2D eigenvalue weighted by molar-refractivity contribution is 5.30. The fourth-order valence-corrected chi connectivity index (χ4v) is 4.68. The Morgan fingerprint density at radius 1 is 0.839 bits per heavy atom. The van der Waals surface area contributed by atoms with Crippen molar-refractivity contribution in [3.63, 3.8) is 0 Å². The molecule has 3 aromatic rings. The highest BCUT2D eigenvalue weighted by Crippen LogP contribution is 2.38. The lowest BCUT2D eigenvalue weighted by Crippen LogP contribution is -2.36. The second-order valence-corrected chi connectivity index (χ2v) is 9.34. The van der Waals surface area contributed by atoms with E-state index in [2.05, 4.69) is 109 Å². The number of hydrogen-bond acceptors (Lipinski definition) is 0. The van der Waals surface area contributed by atoms with Gasteiger partial charge in [0.25, 0.3) is 0 Å². The zero-order chi connectivity index (χ0) is 21.9. The summed E-state index contributed by atoms with van der Waals surface area (Å²) in [5, 5.41) is 0. The third-order valence-corrected chi connectivity index (χ3v) is 6.95. The number of hydrogen-bond donors (Lipinski definition) is 0. The van der Waals surface area contributed by atoms with Gasteiger partial charge in [-0.25, -0.2) is 9.13 Å². The van der Waals surface area contributed by atoms with Crippen molar-refractivity contribution in [2.45, 2.75) is 90.1 Å². The van der Waals surface area contributed by atoms with E-state index < -0.39 is 0 Å². The lowest BCUT2D eigenvalue weighted by atomic mass is 9.72. The van der Waals surface area contributed by atoms with Gasteiger partial charge in [0.05, 0.1) is 6.54 Å². The number of imidazole rings is 1. The Labute approximate surface area is 190 Å². The maximum absolute atomic E-state index is 2.42. The highest BCUT2D eigenvalue weighted by atomic mass is 15.1. The van der Waals surface area contributed by atoms with Gasteiger partial charge in [-0.1, -0.05) is 107 Å². The summed E-state index contributed by atoms with van der Waals surface area (Å²) in [4.78, 5) is 0. The molecular formula is C29H41N2+. The number of unbranched alkanes of at least 4 members (excludes halogenated alkanes) is 6. The molecule has 2 atom stereocenters. The number of benzene rings is 2. The standard InChI is InChI=1S/C29H41N2/c1-4-5-6-7-8-9-16-21-30-22-23-31(25-30)26(2)29(3,28-19-14-11-15-20-28)24-27-17-12-10-13-18-27/h10-15,17-20,22-23,25-26H,4-9,16,21,24H2,1-3H3/q+1. The second-order valence-electron chi connectivity index (χ2n) is 9.34. The molecular weight excluding hydrogens is 376 g/mol. The maximum atomic E-state index is 2.42. The quantitative estimate of drug-likeness (QED) is 0.204. The third kappa shape index (κ3) is 6.56. The van der Waals surface area contributed by atoms with Crippen molar-refractivity contribution in [3.8, 4) is 0 Å². The fraction of sp³-hybridized carbons (Fsp3) is 0.483. The van der Waals surface area contributed by atoms with Crippen molar-refractivity contribution in [2.24, 2.45) is 0 Å². The molecule has 3 rings (SSSR count). The number of aromatic nitrogens is 2. The van der Waals surface area contributed by atoms with Crippen molar-refractivity contribution < 1.29 is 4.57 Å². The van der Waals surface area contributed by atoms with Crippen LogP contribution in [0.15, 0.2) is 79.4 Å². The maximum Gasteiger partial charge on any atom is 0.243 e. The van der Waals surface area contributed by atoms with Gasteiger partial charge in [-0.15, -0.1) is 0 Å². The predicted molar refractivity (Wildman–Crippen MR) is 131 cm³/mol. The summed E-state index contributed by atoms with van der Waals surface area (Å²) in [6.45, 7) is 8.19. The molecule has 166 valence electrons. The first-order valence-corrected chi connectivity index (χ1v) is 12.3. The lowest BCUT2D eigenvalue weighted by Gasteiger charge is -2.34. The molecule has 0 radical (unpaired) electrons. The Bertz CT molecular complexity index is 868. The molecule has 31 heavy (non-hydrogen) atoms. The largest absolute Gasteiger partial charge is 0.243 e. The van der Waals surface area contributed by atoms with Crippen molar-refractivity contribution in [3.05, 3.63) is 90.5 Å². The Kier molecular flexibility index (Phi) is 8.94. The molecule has 1 aromatic heterocycles. The molecule has 0 fully saturated rings. The van der Waals surface area contributed by atoms with E-state index in [1.165, 1.54) is 56.1 Å². The van der Waals surface area contributed by atoms with E-state index in [9.17, 15) is 0 Å². The van der Waals surface area contributed by atoms with Gasteiger partial charge in [0, 0.05) is 5.41 Å². The van der Waals surface area contributed by atoms with Gasteiger partial charge in [-0.05, 0) is 37.3 Å². The molecule has 0 saturated heterocycles. The lowest BCUT2D eigenvalue weighted by molar-refractivity contribution is -0.697. The van der Waals surface area contributed by atoms with Gasteiger partial charge in [0.15, 0.2) is 0 Å². The minimum Gasteiger partial charge on any atom is -0.237 e. The van der Waals surface area contributed by atoms with Gasteiger partial charge in [0.2, 0.25) is 6.33 Å². The van der Waals surface area contributed by atoms with Crippen LogP contribution in [0, 0.1) is 0 Å². The van der Waals surface area contributed by atoms with Crippen LogP contribution in [0.25, 0.3) is 0 Å². The molecule has 0 aliphatic rings. The van der Waals surface area contributed by atoms with E-state index in [1.807, 2.05) is 0 Å². The summed E-state index contributed by atoms with van der Waals surface area (Å²) < 4.78 is 4.79. The van der Waals surface area contributed by atoms with E-state index in [0.29, 0.717) is 6.04 Å². The molecule has 0 N–H and O–H groups in total. The van der Waals surface area contributed by atoms with Crippen molar-refractivity contribution in [2.75, 3.05) is 0 Å². The number of aryl methyl sites for hydroxylation is 1. The van der Waals surface area contributed by atoms with Crippen molar-refractivity contribution >= 4 is 0 Å². The molecule has 0 aliphatic heterocycles. The van der Waals surface area contributed by atoms with E-state index in [0.717, 1.165) is 13.0 Å². The third-order valence-electron chi connectivity index (χ3n) is 6.95. The fourth-order valence-electron chi connectivity index (χ4n) is 4.68. The average Bonchev–Trinajstić information content (AvgIpc) is 3.28. The van der Waals surface area contributed by atoms with Crippen molar-refractivity contribution in [1.82, 2.24) is 4.57 Å². The first-order chi connectivity index (χ1) is 15.1. The summed E-state index contributed by atoms with van der Waals surface area (Å²) in [6.07, 6.45) is 17.3. The molecule has 0 amide bonds. The molecule has 2 nitrogen and oxygen atoms in total. The normalized spacial score (nSPS) is 14.3. The van der Waals surface area contributed by atoms with Gasteiger partial charge in [-0.3, -0.25) is 0 Å².